The van der Waals surface area contributed by atoms with Gasteiger partial charge in [0.05, 0.1) is 18.9 Å². The zero-order valence-corrected chi connectivity index (χ0v) is 9.62. The van der Waals surface area contributed by atoms with Gasteiger partial charge in [-0.1, -0.05) is 0 Å². The first kappa shape index (κ1) is 12.9. The van der Waals surface area contributed by atoms with Crippen LogP contribution in [-0.4, -0.2) is 38.2 Å². The molecule has 8 heteroatoms. The largest absolute Gasteiger partial charge is 0.394 e. The third kappa shape index (κ3) is 1.98. The van der Waals surface area contributed by atoms with E-state index >= 15 is 0 Å². The van der Waals surface area contributed by atoms with Crippen LogP contribution in [0.25, 0.3) is 0 Å². The predicted octanol–water partition coefficient (Wildman–Crippen LogP) is -1.67. The van der Waals surface area contributed by atoms with Crippen LogP contribution >= 0.6 is 0 Å². The molecule has 0 bridgehead atoms. The van der Waals surface area contributed by atoms with Crippen molar-refractivity contribution in [3.05, 3.63) is 32.9 Å². The molecule has 1 fully saturated rings. The van der Waals surface area contributed by atoms with E-state index in [1.54, 1.807) is 0 Å². The lowest BCUT2D eigenvalue weighted by Crippen LogP contribution is -2.40. The summed E-state index contributed by atoms with van der Waals surface area (Å²) in [5, 5.41) is 18.5. The minimum Gasteiger partial charge on any atom is -0.394 e. The van der Waals surface area contributed by atoms with Crippen LogP contribution in [-0.2, 0) is 11.8 Å². The maximum absolute atomic E-state index is 13.3. The minimum absolute atomic E-state index is 0.0444. The molecule has 0 radical (unpaired) electrons. The highest BCUT2D eigenvalue weighted by atomic mass is 19.1. The summed E-state index contributed by atoms with van der Waals surface area (Å²) in [4.78, 5) is 23.0. The number of aromatic nitrogens is 2. The number of aliphatic hydroxyl groups is 2. The summed E-state index contributed by atoms with van der Waals surface area (Å²) in [5.74, 6) is -1.08. The Morgan fingerprint density at radius 1 is 1.56 bits per heavy atom. The van der Waals surface area contributed by atoms with E-state index in [9.17, 15) is 19.1 Å². The summed E-state index contributed by atoms with van der Waals surface area (Å²) in [7, 11) is 1.15. The third-order valence-electron chi connectivity index (χ3n) is 2.96. The Hall–Kier alpha value is -1.51. The molecule has 2 heterocycles. The van der Waals surface area contributed by atoms with E-state index in [1.165, 1.54) is 0 Å². The van der Waals surface area contributed by atoms with Crippen molar-refractivity contribution in [2.45, 2.75) is 24.9 Å². The normalized spacial score (nSPS) is 27.7. The molecule has 2 N–H and O–H groups in total. The number of hydrogen-bond acceptors (Lipinski definition) is 5. The van der Waals surface area contributed by atoms with E-state index < -0.39 is 42.1 Å². The van der Waals surface area contributed by atoms with E-state index in [1.807, 2.05) is 0 Å². The fraction of sp³-hybridized carbons (Fsp3) is 0.600. The molecule has 1 aliphatic rings. The molecular weight excluding hydrogens is 247 g/mol. The van der Waals surface area contributed by atoms with Gasteiger partial charge in [-0.15, -0.1) is 0 Å². The van der Waals surface area contributed by atoms with E-state index in [2.05, 4.69) is 0 Å². The highest BCUT2D eigenvalue weighted by Crippen LogP contribution is 2.27. The molecule has 7 nitrogen and oxygen atoms in total. The molecule has 1 aromatic rings. The van der Waals surface area contributed by atoms with Crippen LogP contribution in [0.4, 0.5) is 4.39 Å². The van der Waals surface area contributed by atoms with Gasteiger partial charge >= 0.3 is 5.69 Å². The highest BCUT2D eigenvalue weighted by Gasteiger charge is 2.35. The van der Waals surface area contributed by atoms with Crippen LogP contribution in [0.2, 0.25) is 0 Å². The summed E-state index contributed by atoms with van der Waals surface area (Å²) in [6, 6.07) is 0. The van der Waals surface area contributed by atoms with Crippen LogP contribution in [0, 0.1) is 5.82 Å². The smallest absolute Gasteiger partial charge is 0.333 e. The Labute approximate surface area is 101 Å². The average Bonchev–Trinajstić information content (AvgIpc) is 2.72. The number of hydrogen-bond donors (Lipinski definition) is 2. The zero-order valence-electron chi connectivity index (χ0n) is 9.62. The standard InChI is InChI=1S/C10H13FN2O5/c1-12-9(16)5(11)3-13(10(12)17)8-2-6(15)7(4-14)18-8/h3,6-8,14-15H,2,4H2,1H3/t6?,7-,8-/m0/s1. The molecule has 0 amide bonds. The van der Waals surface area contributed by atoms with Crippen LogP contribution in [0.5, 0.6) is 0 Å². The molecular formula is C10H13FN2O5. The van der Waals surface area contributed by atoms with Gasteiger partial charge in [0.15, 0.2) is 0 Å². The molecule has 3 atom stereocenters. The Kier molecular flexibility index (Phi) is 3.33. The number of rotatable bonds is 2. The van der Waals surface area contributed by atoms with Gasteiger partial charge in [0.2, 0.25) is 5.82 Å². The fourth-order valence-corrected chi connectivity index (χ4v) is 1.91. The number of halogens is 1. The maximum Gasteiger partial charge on any atom is 0.333 e. The van der Waals surface area contributed by atoms with Crippen LogP contribution < -0.4 is 11.2 Å². The average molecular weight is 260 g/mol. The second-order valence-electron chi connectivity index (χ2n) is 4.15. The first-order valence-electron chi connectivity index (χ1n) is 5.37. The Morgan fingerprint density at radius 2 is 2.22 bits per heavy atom. The Balaban J connectivity index is 2.42. The Bertz CT molecular complexity index is 566. The fourth-order valence-electron chi connectivity index (χ4n) is 1.91. The molecule has 18 heavy (non-hydrogen) atoms. The van der Waals surface area contributed by atoms with Crippen molar-refractivity contribution < 1.29 is 19.3 Å². The Morgan fingerprint density at radius 3 is 2.78 bits per heavy atom. The minimum atomic E-state index is -1.08. The molecule has 1 aliphatic heterocycles. The van der Waals surface area contributed by atoms with E-state index in [0.717, 1.165) is 17.8 Å². The molecule has 100 valence electrons. The summed E-state index contributed by atoms with van der Waals surface area (Å²) in [6.45, 7) is -0.402. The molecule has 1 aromatic heterocycles. The van der Waals surface area contributed by atoms with Gasteiger partial charge in [-0.2, -0.15) is 4.39 Å². The summed E-state index contributed by atoms with van der Waals surface area (Å²) < 4.78 is 20.0. The lowest BCUT2D eigenvalue weighted by Gasteiger charge is -2.15. The zero-order chi connectivity index (χ0) is 13.4. The third-order valence-corrected chi connectivity index (χ3v) is 2.96. The molecule has 0 saturated carbocycles. The van der Waals surface area contributed by atoms with Crippen molar-refractivity contribution in [3.8, 4) is 0 Å². The van der Waals surface area contributed by atoms with Gasteiger partial charge in [-0.25, -0.2) is 4.79 Å². The van der Waals surface area contributed by atoms with Crippen LogP contribution in [0.3, 0.4) is 0 Å². The number of nitrogens with zero attached hydrogens (tertiary/aromatic N) is 2. The number of aliphatic hydroxyl groups excluding tert-OH is 2. The van der Waals surface area contributed by atoms with Crippen molar-refractivity contribution in [2.24, 2.45) is 7.05 Å². The maximum atomic E-state index is 13.3. The lowest BCUT2D eigenvalue weighted by molar-refractivity contribution is -0.0465. The number of ether oxygens (including phenoxy) is 1. The molecule has 0 aromatic carbocycles. The first-order valence-corrected chi connectivity index (χ1v) is 5.37. The SMILES string of the molecule is Cn1c(=O)c(F)cn([C@@H]2CC(O)[C@H](CO)O2)c1=O. The van der Waals surface area contributed by atoms with Gasteiger partial charge in [-0.05, 0) is 0 Å². The molecule has 2 rings (SSSR count). The van der Waals surface area contributed by atoms with Crippen molar-refractivity contribution in [1.82, 2.24) is 9.13 Å². The van der Waals surface area contributed by atoms with E-state index in [4.69, 9.17) is 9.84 Å². The van der Waals surface area contributed by atoms with Gasteiger partial charge < -0.3 is 14.9 Å². The second kappa shape index (κ2) is 4.63. The monoisotopic (exact) mass is 260 g/mol. The van der Waals surface area contributed by atoms with Crippen LogP contribution in [0.15, 0.2) is 15.8 Å². The van der Waals surface area contributed by atoms with Crippen molar-refractivity contribution in [1.29, 1.82) is 0 Å². The van der Waals surface area contributed by atoms with Gasteiger partial charge in [0.1, 0.15) is 12.3 Å². The molecule has 1 unspecified atom stereocenters. The van der Waals surface area contributed by atoms with Crippen molar-refractivity contribution in [2.75, 3.05) is 6.61 Å². The predicted molar refractivity (Wildman–Crippen MR) is 57.5 cm³/mol. The van der Waals surface area contributed by atoms with Gasteiger partial charge in [0.25, 0.3) is 5.56 Å². The van der Waals surface area contributed by atoms with Crippen molar-refractivity contribution >= 4 is 0 Å². The van der Waals surface area contributed by atoms with Gasteiger partial charge in [0, 0.05) is 13.5 Å². The molecule has 0 aliphatic carbocycles. The highest BCUT2D eigenvalue weighted by molar-refractivity contribution is 4.92. The topological polar surface area (TPSA) is 93.7 Å². The van der Waals surface area contributed by atoms with Crippen LogP contribution in [0.1, 0.15) is 12.6 Å². The summed E-state index contributed by atoms with van der Waals surface area (Å²) in [5.41, 5.74) is -1.76. The van der Waals surface area contributed by atoms with Crippen molar-refractivity contribution in [3.63, 3.8) is 0 Å². The van der Waals surface area contributed by atoms with E-state index in [0.29, 0.717) is 4.57 Å². The summed E-state index contributed by atoms with van der Waals surface area (Å²) in [6.07, 6.45) is -1.86. The van der Waals surface area contributed by atoms with E-state index in [-0.39, 0.29) is 6.42 Å². The second-order valence-corrected chi connectivity index (χ2v) is 4.15. The molecule has 1 saturated heterocycles. The van der Waals surface area contributed by atoms with Gasteiger partial charge in [-0.3, -0.25) is 13.9 Å². The molecule has 0 spiro atoms. The quantitative estimate of drug-likeness (QED) is 0.663. The summed E-state index contributed by atoms with van der Waals surface area (Å²) >= 11 is 0. The first-order chi connectivity index (χ1) is 8.45. The lowest BCUT2D eigenvalue weighted by atomic mass is 10.2.